The molecular weight excluding hydrogens is 318 g/mol. The minimum atomic E-state index is 0.0587. The van der Waals surface area contributed by atoms with Crippen LogP contribution in [0, 0.1) is 5.92 Å². The zero-order chi connectivity index (χ0) is 17.1. The van der Waals surface area contributed by atoms with Crippen molar-refractivity contribution < 1.29 is 4.79 Å². The predicted molar refractivity (Wildman–Crippen MR) is 100 cm³/mol. The third kappa shape index (κ3) is 3.78. The Balaban J connectivity index is 1.71. The molecule has 0 saturated carbocycles. The number of aromatic nitrogens is 1. The van der Waals surface area contributed by atoms with Crippen molar-refractivity contribution >= 4 is 28.1 Å². The van der Waals surface area contributed by atoms with Crippen molar-refractivity contribution in [1.29, 1.82) is 0 Å². The fourth-order valence-electron chi connectivity index (χ4n) is 3.03. The van der Waals surface area contributed by atoms with Gasteiger partial charge in [0, 0.05) is 24.2 Å². The summed E-state index contributed by atoms with van der Waals surface area (Å²) in [6.07, 6.45) is 2.17. The van der Waals surface area contributed by atoms with Gasteiger partial charge in [0.25, 0.3) is 5.91 Å². The van der Waals surface area contributed by atoms with Crippen LogP contribution in [0.25, 0.3) is 0 Å². The number of amides is 1. The van der Waals surface area contributed by atoms with E-state index in [1.54, 1.807) is 0 Å². The molecule has 1 aliphatic heterocycles. The van der Waals surface area contributed by atoms with Gasteiger partial charge >= 0.3 is 0 Å². The number of carbonyl (C=O) groups is 1. The minimum Gasteiger partial charge on any atom is -0.337 e. The molecule has 1 fully saturated rings. The van der Waals surface area contributed by atoms with E-state index in [2.05, 4.69) is 49.3 Å². The van der Waals surface area contributed by atoms with E-state index in [-0.39, 0.29) is 5.91 Å². The maximum atomic E-state index is 12.6. The minimum absolute atomic E-state index is 0.0587. The molecular formula is C19H25N3OS. The molecule has 4 nitrogen and oxygen atoms in total. The highest BCUT2D eigenvalue weighted by Gasteiger charge is 2.23. The van der Waals surface area contributed by atoms with Crippen LogP contribution in [-0.4, -0.2) is 28.9 Å². The fourth-order valence-corrected chi connectivity index (χ4v) is 3.73. The third-order valence-electron chi connectivity index (χ3n) is 4.62. The Labute approximate surface area is 147 Å². The first-order valence-electron chi connectivity index (χ1n) is 8.65. The first-order chi connectivity index (χ1) is 11.5. The quantitative estimate of drug-likeness (QED) is 0.860. The summed E-state index contributed by atoms with van der Waals surface area (Å²) in [7, 11) is 0. The Bertz CT molecular complexity index is 702. The normalized spacial score (nSPS) is 15.8. The van der Waals surface area contributed by atoms with E-state index in [4.69, 9.17) is 0 Å². The van der Waals surface area contributed by atoms with Gasteiger partial charge < -0.3 is 10.2 Å². The SMILES string of the molecule is CC1CCN(C(=O)c2csc(Nc3ccccc3C(C)C)n2)CC1. The maximum absolute atomic E-state index is 12.6. The Kier molecular flexibility index (Phi) is 5.19. The molecule has 1 N–H and O–H groups in total. The number of para-hydroxylation sites is 1. The molecule has 1 amide bonds. The number of nitrogens with zero attached hydrogens (tertiary/aromatic N) is 2. The highest BCUT2D eigenvalue weighted by atomic mass is 32.1. The van der Waals surface area contributed by atoms with Gasteiger partial charge in [-0.25, -0.2) is 4.98 Å². The van der Waals surface area contributed by atoms with Gasteiger partial charge in [0.05, 0.1) is 0 Å². The number of hydrogen-bond donors (Lipinski definition) is 1. The van der Waals surface area contributed by atoms with E-state index < -0.39 is 0 Å². The van der Waals surface area contributed by atoms with Gasteiger partial charge in [0.2, 0.25) is 0 Å². The first-order valence-corrected chi connectivity index (χ1v) is 9.53. The zero-order valence-electron chi connectivity index (χ0n) is 14.6. The topological polar surface area (TPSA) is 45.2 Å². The second-order valence-corrected chi connectivity index (χ2v) is 7.74. The predicted octanol–water partition coefficient (Wildman–Crippen LogP) is 4.88. The first kappa shape index (κ1) is 17.0. The maximum Gasteiger partial charge on any atom is 0.273 e. The molecule has 1 aromatic heterocycles. The van der Waals surface area contributed by atoms with Crippen molar-refractivity contribution in [3.05, 3.63) is 40.9 Å². The number of piperidine rings is 1. The highest BCUT2D eigenvalue weighted by molar-refractivity contribution is 7.14. The number of benzene rings is 1. The van der Waals surface area contributed by atoms with Gasteiger partial charge in [-0.1, -0.05) is 39.0 Å². The molecule has 0 aliphatic carbocycles. The molecule has 0 radical (unpaired) electrons. The summed E-state index contributed by atoms with van der Waals surface area (Å²) >= 11 is 1.49. The van der Waals surface area contributed by atoms with Crippen LogP contribution in [0.15, 0.2) is 29.6 Å². The standard InChI is InChI=1S/C19H25N3OS/c1-13(2)15-6-4-5-7-16(15)20-19-21-17(12-24-19)18(23)22-10-8-14(3)9-11-22/h4-7,12-14H,8-11H2,1-3H3,(H,20,21). The van der Waals surface area contributed by atoms with Crippen LogP contribution >= 0.6 is 11.3 Å². The van der Waals surface area contributed by atoms with Gasteiger partial charge in [-0.3, -0.25) is 4.79 Å². The Morgan fingerprint density at radius 2 is 2.00 bits per heavy atom. The van der Waals surface area contributed by atoms with Crippen molar-refractivity contribution in [2.45, 2.75) is 39.5 Å². The van der Waals surface area contributed by atoms with Crippen molar-refractivity contribution in [3.8, 4) is 0 Å². The monoisotopic (exact) mass is 343 g/mol. The van der Waals surface area contributed by atoms with E-state index in [0.29, 0.717) is 17.5 Å². The summed E-state index contributed by atoms with van der Waals surface area (Å²) < 4.78 is 0. The number of carbonyl (C=O) groups excluding carboxylic acids is 1. The largest absolute Gasteiger partial charge is 0.337 e. The number of likely N-dealkylation sites (tertiary alicyclic amines) is 1. The zero-order valence-corrected chi connectivity index (χ0v) is 15.4. The smallest absolute Gasteiger partial charge is 0.273 e. The van der Waals surface area contributed by atoms with E-state index in [0.717, 1.165) is 36.8 Å². The molecule has 0 unspecified atom stereocenters. The Morgan fingerprint density at radius 1 is 1.29 bits per heavy atom. The number of thiazole rings is 1. The Morgan fingerprint density at radius 3 is 2.71 bits per heavy atom. The summed E-state index contributed by atoms with van der Waals surface area (Å²) in [6, 6.07) is 8.25. The molecule has 1 aromatic carbocycles. The molecule has 0 atom stereocenters. The summed E-state index contributed by atoms with van der Waals surface area (Å²) in [5, 5.41) is 6.01. The molecule has 5 heteroatoms. The average molecular weight is 343 g/mol. The number of nitrogens with one attached hydrogen (secondary N) is 1. The van der Waals surface area contributed by atoms with Crippen LogP contribution in [0.4, 0.5) is 10.8 Å². The van der Waals surface area contributed by atoms with Crippen LogP contribution in [-0.2, 0) is 0 Å². The fraction of sp³-hybridized carbons (Fsp3) is 0.474. The van der Waals surface area contributed by atoms with E-state index in [9.17, 15) is 4.79 Å². The van der Waals surface area contributed by atoms with Gasteiger partial charge in [-0.05, 0) is 36.3 Å². The van der Waals surface area contributed by atoms with E-state index >= 15 is 0 Å². The average Bonchev–Trinajstić information content (AvgIpc) is 3.04. The molecule has 1 aliphatic rings. The van der Waals surface area contributed by atoms with Gasteiger partial charge in [-0.15, -0.1) is 11.3 Å². The van der Waals surface area contributed by atoms with Gasteiger partial charge in [-0.2, -0.15) is 0 Å². The van der Waals surface area contributed by atoms with Crippen LogP contribution < -0.4 is 5.32 Å². The highest BCUT2D eigenvalue weighted by Crippen LogP contribution is 2.29. The van der Waals surface area contributed by atoms with Crippen LogP contribution in [0.1, 0.15) is 55.6 Å². The lowest BCUT2D eigenvalue weighted by molar-refractivity contribution is 0.0692. The molecule has 2 heterocycles. The van der Waals surface area contributed by atoms with Crippen LogP contribution in [0.5, 0.6) is 0 Å². The summed E-state index contributed by atoms with van der Waals surface area (Å²) in [4.78, 5) is 19.0. The molecule has 128 valence electrons. The van der Waals surface area contributed by atoms with Crippen molar-refractivity contribution in [2.24, 2.45) is 5.92 Å². The summed E-state index contributed by atoms with van der Waals surface area (Å²) in [5.74, 6) is 1.21. The number of rotatable bonds is 4. The van der Waals surface area contributed by atoms with Crippen molar-refractivity contribution in [3.63, 3.8) is 0 Å². The number of anilines is 2. The van der Waals surface area contributed by atoms with Crippen LogP contribution in [0.3, 0.4) is 0 Å². The lowest BCUT2D eigenvalue weighted by Gasteiger charge is -2.29. The van der Waals surface area contributed by atoms with Gasteiger partial charge in [0.1, 0.15) is 5.69 Å². The third-order valence-corrected chi connectivity index (χ3v) is 5.38. The van der Waals surface area contributed by atoms with Crippen molar-refractivity contribution in [1.82, 2.24) is 9.88 Å². The van der Waals surface area contributed by atoms with Crippen molar-refractivity contribution in [2.75, 3.05) is 18.4 Å². The van der Waals surface area contributed by atoms with Gasteiger partial charge in [0.15, 0.2) is 5.13 Å². The molecule has 2 aromatic rings. The lowest BCUT2D eigenvalue weighted by atomic mass is 9.99. The second-order valence-electron chi connectivity index (χ2n) is 6.88. The molecule has 1 saturated heterocycles. The molecule has 0 spiro atoms. The molecule has 3 rings (SSSR count). The Hall–Kier alpha value is -1.88. The second kappa shape index (κ2) is 7.34. The van der Waals surface area contributed by atoms with Crippen LogP contribution in [0.2, 0.25) is 0 Å². The van der Waals surface area contributed by atoms with E-state index in [1.807, 2.05) is 16.3 Å². The molecule has 0 bridgehead atoms. The lowest BCUT2D eigenvalue weighted by Crippen LogP contribution is -2.38. The molecule has 24 heavy (non-hydrogen) atoms. The van der Waals surface area contributed by atoms with E-state index in [1.165, 1.54) is 16.9 Å². The summed E-state index contributed by atoms with van der Waals surface area (Å²) in [6.45, 7) is 8.29. The number of hydrogen-bond acceptors (Lipinski definition) is 4. The summed E-state index contributed by atoms with van der Waals surface area (Å²) in [5.41, 5.74) is 2.87.